The molecule has 1 aromatic rings. The van der Waals surface area contributed by atoms with Crippen molar-refractivity contribution >= 4 is 11.5 Å². The molecular weight excluding hydrogens is 232 g/mol. The molecule has 1 saturated carbocycles. The van der Waals surface area contributed by atoms with Crippen molar-refractivity contribution in [3.63, 3.8) is 0 Å². The van der Waals surface area contributed by atoms with Gasteiger partial charge in [0.05, 0.1) is 0 Å². The molecule has 6 nitrogen and oxygen atoms in total. The van der Waals surface area contributed by atoms with Gasteiger partial charge in [-0.2, -0.15) is 0 Å². The van der Waals surface area contributed by atoms with E-state index >= 15 is 0 Å². The topological polar surface area (TPSA) is 82.0 Å². The third kappa shape index (κ3) is 2.27. The van der Waals surface area contributed by atoms with Crippen molar-refractivity contribution in [2.45, 2.75) is 39.3 Å². The predicted molar refractivity (Wildman–Crippen MR) is 71.8 cm³/mol. The Morgan fingerprint density at radius 1 is 1.39 bits per heavy atom. The van der Waals surface area contributed by atoms with Crippen molar-refractivity contribution in [1.29, 1.82) is 0 Å². The van der Waals surface area contributed by atoms with Crippen LogP contribution in [0.25, 0.3) is 0 Å². The summed E-state index contributed by atoms with van der Waals surface area (Å²) in [7, 11) is 1.49. The zero-order valence-corrected chi connectivity index (χ0v) is 11.1. The van der Waals surface area contributed by atoms with E-state index in [1.807, 2.05) is 13.8 Å². The van der Waals surface area contributed by atoms with Gasteiger partial charge in [0.1, 0.15) is 11.5 Å². The molecule has 6 heteroatoms. The lowest BCUT2D eigenvalue weighted by Crippen LogP contribution is -2.41. The Hall–Kier alpha value is -1.72. The summed E-state index contributed by atoms with van der Waals surface area (Å²) in [4.78, 5) is 24.0. The monoisotopic (exact) mass is 252 g/mol. The maximum absolute atomic E-state index is 12.0. The molecule has 0 amide bonds. The van der Waals surface area contributed by atoms with Gasteiger partial charge in [0, 0.05) is 19.6 Å². The van der Waals surface area contributed by atoms with Gasteiger partial charge in [-0.15, -0.1) is 0 Å². The Balaban J connectivity index is 2.55. The van der Waals surface area contributed by atoms with E-state index in [1.165, 1.54) is 11.6 Å². The summed E-state index contributed by atoms with van der Waals surface area (Å²) in [6.45, 7) is 4.52. The molecule has 1 aliphatic carbocycles. The number of hydrogen-bond donors (Lipinski definition) is 2. The van der Waals surface area contributed by atoms with Gasteiger partial charge in [-0.05, 0) is 18.8 Å². The summed E-state index contributed by atoms with van der Waals surface area (Å²) < 4.78 is 2.58. The van der Waals surface area contributed by atoms with E-state index in [1.54, 1.807) is 0 Å². The molecule has 2 rings (SSSR count). The summed E-state index contributed by atoms with van der Waals surface area (Å²) >= 11 is 0. The minimum Gasteiger partial charge on any atom is -0.383 e. The highest BCUT2D eigenvalue weighted by Gasteiger charge is 2.25. The van der Waals surface area contributed by atoms with Crippen LogP contribution in [-0.2, 0) is 13.6 Å². The fraction of sp³-hybridized carbons (Fsp3) is 0.667. The Labute approximate surface area is 105 Å². The van der Waals surface area contributed by atoms with Crippen LogP contribution in [0.4, 0.5) is 11.5 Å². The molecule has 0 aromatic carbocycles. The zero-order chi connectivity index (χ0) is 13.4. The van der Waals surface area contributed by atoms with E-state index in [0.29, 0.717) is 18.3 Å². The van der Waals surface area contributed by atoms with Crippen LogP contribution in [0.2, 0.25) is 0 Å². The number of nitrogens with one attached hydrogen (secondary N) is 1. The second-order valence-corrected chi connectivity index (χ2v) is 5.33. The first-order chi connectivity index (χ1) is 8.41. The minimum absolute atomic E-state index is 0.253. The standard InChI is InChI=1S/C12H20N4O2/c1-7(2)6-16-10(13)9(14-8-4-5-8)11(17)15(3)12(16)18/h7-8,14H,4-6,13H2,1-3H3. The quantitative estimate of drug-likeness (QED) is 0.810. The van der Waals surface area contributed by atoms with Crippen LogP contribution in [0.1, 0.15) is 26.7 Å². The predicted octanol–water partition coefficient (Wildman–Crippen LogP) is 0.360. The van der Waals surface area contributed by atoms with Crippen molar-refractivity contribution in [2.75, 3.05) is 11.1 Å². The Morgan fingerprint density at radius 3 is 2.50 bits per heavy atom. The number of rotatable bonds is 4. The van der Waals surface area contributed by atoms with E-state index in [4.69, 9.17) is 5.73 Å². The molecule has 3 N–H and O–H groups in total. The van der Waals surface area contributed by atoms with Gasteiger partial charge < -0.3 is 11.1 Å². The maximum Gasteiger partial charge on any atom is 0.332 e. The summed E-state index contributed by atoms with van der Waals surface area (Å²) in [5.41, 5.74) is 5.63. The van der Waals surface area contributed by atoms with Crippen molar-refractivity contribution in [3.05, 3.63) is 20.8 Å². The maximum atomic E-state index is 12.0. The van der Waals surface area contributed by atoms with Gasteiger partial charge in [-0.25, -0.2) is 4.79 Å². The van der Waals surface area contributed by atoms with Crippen molar-refractivity contribution in [2.24, 2.45) is 13.0 Å². The van der Waals surface area contributed by atoms with Crippen molar-refractivity contribution in [3.8, 4) is 0 Å². The largest absolute Gasteiger partial charge is 0.383 e. The van der Waals surface area contributed by atoms with Crippen LogP contribution >= 0.6 is 0 Å². The van der Waals surface area contributed by atoms with E-state index in [9.17, 15) is 9.59 Å². The SMILES string of the molecule is CC(C)Cn1c(N)c(NC2CC2)c(=O)n(C)c1=O. The molecule has 1 aliphatic rings. The molecule has 0 spiro atoms. The van der Waals surface area contributed by atoms with E-state index in [0.717, 1.165) is 17.4 Å². The van der Waals surface area contributed by atoms with Gasteiger partial charge in [0.25, 0.3) is 5.56 Å². The molecule has 100 valence electrons. The Kier molecular flexibility index (Phi) is 3.19. The van der Waals surface area contributed by atoms with Crippen LogP contribution in [0.15, 0.2) is 9.59 Å². The smallest absolute Gasteiger partial charge is 0.332 e. The zero-order valence-electron chi connectivity index (χ0n) is 11.1. The summed E-state index contributed by atoms with van der Waals surface area (Å²) in [6, 6.07) is 0.324. The second kappa shape index (κ2) is 4.51. The van der Waals surface area contributed by atoms with E-state index < -0.39 is 0 Å². The molecule has 0 atom stereocenters. The molecule has 0 saturated heterocycles. The molecule has 1 fully saturated rings. The van der Waals surface area contributed by atoms with Gasteiger partial charge >= 0.3 is 5.69 Å². The lowest BCUT2D eigenvalue weighted by Gasteiger charge is -2.17. The third-order valence-corrected chi connectivity index (χ3v) is 3.06. The fourth-order valence-electron chi connectivity index (χ4n) is 1.89. The van der Waals surface area contributed by atoms with Crippen LogP contribution in [0.3, 0.4) is 0 Å². The van der Waals surface area contributed by atoms with Crippen LogP contribution in [0, 0.1) is 5.92 Å². The number of anilines is 2. The van der Waals surface area contributed by atoms with Crippen molar-refractivity contribution in [1.82, 2.24) is 9.13 Å². The summed E-state index contributed by atoms with van der Waals surface area (Å²) in [5.74, 6) is 0.542. The molecule has 0 unspecified atom stereocenters. The average Bonchev–Trinajstić information content (AvgIpc) is 3.11. The number of nitrogen functional groups attached to an aromatic ring is 1. The number of nitrogens with two attached hydrogens (primary N) is 1. The Morgan fingerprint density at radius 2 is 2.00 bits per heavy atom. The molecule has 0 bridgehead atoms. The normalized spacial score (nSPS) is 15.1. The molecule has 1 aromatic heterocycles. The summed E-state index contributed by atoms with van der Waals surface area (Å²) in [6.07, 6.45) is 2.10. The molecule has 0 radical (unpaired) electrons. The van der Waals surface area contributed by atoms with Gasteiger partial charge in [-0.1, -0.05) is 13.8 Å². The van der Waals surface area contributed by atoms with E-state index in [2.05, 4.69) is 5.32 Å². The average molecular weight is 252 g/mol. The van der Waals surface area contributed by atoms with Crippen LogP contribution in [0.5, 0.6) is 0 Å². The highest BCUT2D eigenvalue weighted by Crippen LogP contribution is 2.25. The highest BCUT2D eigenvalue weighted by molar-refractivity contribution is 5.61. The molecule has 18 heavy (non-hydrogen) atoms. The van der Waals surface area contributed by atoms with Crippen LogP contribution in [-0.4, -0.2) is 15.2 Å². The Bertz CT molecular complexity index is 527. The fourth-order valence-corrected chi connectivity index (χ4v) is 1.89. The van der Waals surface area contributed by atoms with Gasteiger partial charge in [-0.3, -0.25) is 13.9 Å². The van der Waals surface area contributed by atoms with E-state index in [-0.39, 0.29) is 23.0 Å². The first kappa shape index (κ1) is 12.7. The number of aromatic nitrogens is 2. The van der Waals surface area contributed by atoms with Crippen LogP contribution < -0.4 is 22.3 Å². The number of nitrogens with zero attached hydrogens (tertiary/aromatic N) is 2. The van der Waals surface area contributed by atoms with Crippen molar-refractivity contribution < 1.29 is 0 Å². The second-order valence-electron chi connectivity index (χ2n) is 5.33. The van der Waals surface area contributed by atoms with Gasteiger partial charge in [0.15, 0.2) is 0 Å². The third-order valence-electron chi connectivity index (χ3n) is 3.06. The first-order valence-electron chi connectivity index (χ1n) is 6.27. The molecular formula is C12H20N4O2. The molecule has 1 heterocycles. The minimum atomic E-state index is -0.354. The number of hydrogen-bond acceptors (Lipinski definition) is 4. The summed E-state index contributed by atoms with van der Waals surface area (Å²) in [5, 5.41) is 3.12. The lowest BCUT2D eigenvalue weighted by atomic mass is 10.2. The van der Waals surface area contributed by atoms with Gasteiger partial charge in [0.2, 0.25) is 0 Å². The lowest BCUT2D eigenvalue weighted by molar-refractivity contribution is 0.494. The molecule has 0 aliphatic heterocycles. The first-order valence-corrected chi connectivity index (χ1v) is 6.27. The highest BCUT2D eigenvalue weighted by atomic mass is 16.2.